The van der Waals surface area contributed by atoms with Crippen LogP contribution in [0.5, 0.6) is 0 Å². The van der Waals surface area contributed by atoms with Gasteiger partial charge in [0.25, 0.3) is 0 Å². The second-order valence-corrected chi connectivity index (χ2v) is 10.9. The molecule has 8 nitrogen and oxygen atoms in total. The Morgan fingerprint density at radius 1 is 1.14 bits per heavy atom. The van der Waals surface area contributed by atoms with Gasteiger partial charge in [0.2, 0.25) is 0 Å². The number of aromatic nitrogens is 3. The highest BCUT2D eigenvalue weighted by Crippen LogP contribution is 2.39. The topological polar surface area (TPSA) is 108 Å². The maximum atomic E-state index is 13.6. The Kier molecular flexibility index (Phi) is 5.58. The highest BCUT2D eigenvalue weighted by Gasteiger charge is 2.47. The molecule has 0 amide bonds. The summed E-state index contributed by atoms with van der Waals surface area (Å²) in [6.45, 7) is 1.41. The molecule has 0 spiro atoms. The van der Waals surface area contributed by atoms with E-state index < -0.39 is 43.7 Å². The van der Waals surface area contributed by atoms with Crippen molar-refractivity contribution in [1.82, 2.24) is 14.8 Å². The molecule has 1 saturated heterocycles. The second kappa shape index (κ2) is 8.40. The van der Waals surface area contributed by atoms with Crippen LogP contribution in [0.3, 0.4) is 0 Å². The molecule has 2 aromatic carbocycles. The molecule has 0 aliphatic carbocycles. The molecule has 1 fully saturated rings. The largest absolute Gasteiger partial charge is 0.480 e. The second-order valence-electron chi connectivity index (χ2n) is 8.68. The van der Waals surface area contributed by atoms with Gasteiger partial charge >= 0.3 is 12.1 Å². The first-order valence-electron chi connectivity index (χ1n) is 11.0. The molecule has 12 heteroatoms. The molecule has 2 N–H and O–H groups in total. The summed E-state index contributed by atoms with van der Waals surface area (Å²) >= 11 is 0. The number of carboxylic acid groups (broad SMARTS) is 1. The third kappa shape index (κ3) is 3.91. The average molecular weight is 519 g/mol. The van der Waals surface area contributed by atoms with Gasteiger partial charge in [0.05, 0.1) is 27.1 Å². The van der Waals surface area contributed by atoms with E-state index >= 15 is 0 Å². The molecule has 36 heavy (non-hydrogen) atoms. The molecule has 1 aliphatic rings. The Morgan fingerprint density at radius 2 is 1.83 bits per heavy atom. The number of hydrogen-bond donors (Lipinski definition) is 2. The molecule has 4 aromatic rings. The van der Waals surface area contributed by atoms with Crippen molar-refractivity contribution >= 4 is 32.5 Å². The number of aromatic amines is 1. The zero-order valence-electron chi connectivity index (χ0n) is 18.9. The van der Waals surface area contributed by atoms with E-state index in [4.69, 9.17) is 0 Å². The van der Waals surface area contributed by atoms with Gasteiger partial charge in [-0.3, -0.25) is 0 Å². The smallest absolute Gasteiger partial charge is 0.417 e. The number of halogens is 3. The summed E-state index contributed by atoms with van der Waals surface area (Å²) in [4.78, 5) is 15.8. The molecular weight excluding hydrogens is 497 g/mol. The first-order valence-corrected chi connectivity index (χ1v) is 12.6. The minimum Gasteiger partial charge on any atom is -0.480 e. The van der Waals surface area contributed by atoms with Crippen LogP contribution in [0, 0.1) is 6.92 Å². The number of para-hydroxylation sites is 1. The van der Waals surface area contributed by atoms with Crippen molar-refractivity contribution in [2.45, 2.75) is 35.7 Å². The Balaban J connectivity index is 1.58. The Bertz CT molecular complexity index is 1580. The Morgan fingerprint density at radius 3 is 2.56 bits per heavy atom. The van der Waals surface area contributed by atoms with E-state index in [1.165, 1.54) is 15.6 Å². The lowest BCUT2D eigenvalue weighted by Gasteiger charge is -2.24. The van der Waals surface area contributed by atoms with Gasteiger partial charge < -0.3 is 15.0 Å². The van der Waals surface area contributed by atoms with Crippen LogP contribution in [0.4, 0.5) is 19.0 Å². The average Bonchev–Trinajstić information content (AvgIpc) is 3.54. The third-order valence-corrected chi connectivity index (χ3v) is 8.58. The number of carboxylic acids is 1. The normalized spacial score (nSPS) is 18.7. The van der Waals surface area contributed by atoms with Crippen molar-refractivity contribution in [3.63, 3.8) is 0 Å². The van der Waals surface area contributed by atoms with Crippen LogP contribution in [0.25, 0.3) is 16.6 Å². The van der Waals surface area contributed by atoms with Gasteiger partial charge in [-0.25, -0.2) is 17.9 Å². The number of nitrogens with zero attached hydrogens (tertiary/aromatic N) is 3. The van der Waals surface area contributed by atoms with Crippen molar-refractivity contribution in [2.24, 2.45) is 0 Å². The number of sulfone groups is 1. The van der Waals surface area contributed by atoms with Gasteiger partial charge in [-0.05, 0) is 31.5 Å². The van der Waals surface area contributed by atoms with E-state index in [0.717, 1.165) is 23.0 Å². The molecule has 3 heterocycles. The third-order valence-electron chi connectivity index (χ3n) is 6.39. The van der Waals surface area contributed by atoms with Crippen LogP contribution in [0.15, 0.2) is 65.7 Å². The van der Waals surface area contributed by atoms with Crippen LogP contribution in [-0.2, 0) is 20.8 Å². The van der Waals surface area contributed by atoms with Gasteiger partial charge in [0, 0.05) is 29.7 Å². The van der Waals surface area contributed by atoms with Gasteiger partial charge in [-0.1, -0.05) is 30.3 Å². The fourth-order valence-corrected chi connectivity index (χ4v) is 6.65. The van der Waals surface area contributed by atoms with Crippen molar-refractivity contribution < 1.29 is 31.5 Å². The molecule has 5 rings (SSSR count). The SMILES string of the molecule is Cc1cc(N2C[C@H](S(=O)(=O)c3ccccc3C(F)(F)F)C[C@H]2C(=O)O)n(-c2c[nH]c3ccccc23)n1. The molecule has 0 radical (unpaired) electrons. The van der Waals surface area contributed by atoms with Gasteiger partial charge in [-0.2, -0.15) is 18.3 Å². The summed E-state index contributed by atoms with van der Waals surface area (Å²) in [7, 11) is -4.52. The Labute approximate surface area is 203 Å². The summed E-state index contributed by atoms with van der Waals surface area (Å²) in [6.07, 6.45) is -3.54. The summed E-state index contributed by atoms with van der Waals surface area (Å²) < 4.78 is 69.0. The highest BCUT2D eigenvalue weighted by atomic mass is 32.2. The van der Waals surface area contributed by atoms with Crippen LogP contribution in [0.1, 0.15) is 17.7 Å². The van der Waals surface area contributed by atoms with Crippen LogP contribution >= 0.6 is 0 Å². The van der Waals surface area contributed by atoms with E-state index in [9.17, 15) is 31.5 Å². The number of nitrogens with one attached hydrogen (secondary N) is 1. The minimum atomic E-state index is -4.88. The maximum absolute atomic E-state index is 13.6. The van der Waals surface area contributed by atoms with Gasteiger partial charge in [0.15, 0.2) is 9.84 Å². The van der Waals surface area contributed by atoms with Crippen molar-refractivity contribution in [3.8, 4) is 5.69 Å². The summed E-state index contributed by atoms with van der Waals surface area (Å²) in [5, 5.41) is 13.9. The number of H-pyrrole nitrogens is 1. The monoisotopic (exact) mass is 518 g/mol. The van der Waals surface area contributed by atoms with Crippen LogP contribution < -0.4 is 4.90 Å². The first-order chi connectivity index (χ1) is 17.0. The van der Waals surface area contributed by atoms with E-state index in [-0.39, 0.29) is 13.0 Å². The molecular formula is C24H21F3N4O4S. The fourth-order valence-electron chi connectivity index (χ4n) is 4.74. The Hall–Kier alpha value is -3.80. The lowest BCUT2D eigenvalue weighted by Crippen LogP contribution is -2.37. The van der Waals surface area contributed by atoms with Crippen molar-refractivity contribution in [1.29, 1.82) is 0 Å². The number of hydrogen-bond acceptors (Lipinski definition) is 5. The number of fused-ring (bicyclic) bond motifs is 1. The maximum Gasteiger partial charge on any atom is 0.417 e. The number of aryl methyl sites for hydroxylation is 1. The molecule has 0 saturated carbocycles. The van der Waals surface area contributed by atoms with E-state index in [1.54, 1.807) is 19.2 Å². The molecule has 0 bridgehead atoms. The minimum absolute atomic E-state index is 0.307. The number of anilines is 1. The lowest BCUT2D eigenvalue weighted by atomic mass is 10.2. The quantitative estimate of drug-likeness (QED) is 0.410. The predicted octanol–water partition coefficient (Wildman–Crippen LogP) is 4.19. The molecule has 2 atom stereocenters. The number of benzene rings is 2. The highest BCUT2D eigenvalue weighted by molar-refractivity contribution is 7.92. The number of carbonyl (C=O) groups is 1. The van der Waals surface area contributed by atoms with Gasteiger partial charge in [-0.15, -0.1) is 0 Å². The predicted molar refractivity (Wildman–Crippen MR) is 126 cm³/mol. The zero-order valence-corrected chi connectivity index (χ0v) is 19.7. The van der Waals surface area contributed by atoms with E-state index in [0.29, 0.717) is 23.3 Å². The van der Waals surface area contributed by atoms with Crippen LogP contribution in [-0.4, -0.2) is 52.1 Å². The van der Waals surface area contributed by atoms with Crippen molar-refractivity contribution in [3.05, 3.63) is 72.1 Å². The standard InChI is InChI=1S/C24H21F3N4O4S/c1-14-10-22(31(29-14)20-12-28-18-8-4-2-6-16(18)20)30-13-15(11-19(30)23(32)33)36(34,35)21-9-5-3-7-17(21)24(25,26)27/h2-10,12,15,19,28H,11,13H2,1H3,(H,32,33)/t15-,19+/m1/s1. The summed E-state index contributed by atoms with van der Waals surface area (Å²) in [5.41, 5.74) is 0.752. The summed E-state index contributed by atoms with van der Waals surface area (Å²) in [6, 6.07) is 11.7. The lowest BCUT2D eigenvalue weighted by molar-refractivity contribution is -0.140. The molecule has 2 aromatic heterocycles. The molecule has 1 aliphatic heterocycles. The van der Waals surface area contributed by atoms with Crippen LogP contribution in [0.2, 0.25) is 0 Å². The van der Waals surface area contributed by atoms with Gasteiger partial charge in [0.1, 0.15) is 11.9 Å². The summed E-state index contributed by atoms with van der Waals surface area (Å²) in [5.74, 6) is -0.937. The molecule has 188 valence electrons. The number of alkyl halides is 3. The zero-order chi connectivity index (χ0) is 25.8. The van der Waals surface area contributed by atoms with E-state index in [2.05, 4.69) is 10.1 Å². The number of aliphatic carboxylic acids is 1. The van der Waals surface area contributed by atoms with Crippen molar-refractivity contribution in [2.75, 3.05) is 11.4 Å². The fraction of sp³-hybridized carbons (Fsp3) is 0.250. The number of rotatable bonds is 5. The first kappa shape index (κ1) is 23.9. The molecule has 0 unspecified atom stereocenters. The van der Waals surface area contributed by atoms with E-state index in [1.807, 2.05) is 24.3 Å².